The number of rotatable bonds is 13. The Morgan fingerprint density at radius 1 is 1.00 bits per heavy atom. The quantitative estimate of drug-likeness (QED) is 0.0839. The number of aromatic nitrogens is 2. The second-order valence-corrected chi connectivity index (χ2v) is 9.49. The minimum absolute atomic E-state index is 0.0746. The average Bonchev–Trinajstić information content (AvgIpc) is 3.35. The third-order valence-corrected chi connectivity index (χ3v) is 6.50. The maximum atomic E-state index is 15.4. The molecule has 0 N–H and O–H groups in total. The Bertz CT molecular complexity index is 3110. The maximum absolute atomic E-state index is 15.4. The molecule has 1 amide bonds. The molecule has 0 fully saturated rings. The Kier molecular flexibility index (Phi) is 3.96. The number of thioether (sulfide) groups is 1. The SMILES string of the molecule is [2H]c1c([2H])c(C(F)(F)F)c([2H])c([2H])c1-c1c([2H])c([2H])c(C([2H])([2H])N(C(=O)Cn2c(SC([2H])([2H])c3ccc(F)cc3)nc(=O)c3c2C([2H])([2H])C([2H])([2H])C3([2H])[2H])C([2H])([2H])C([2H])([2H])N(C([2H])([2H])C([2H])([2H])[2H])C([2H])([2H])C([2H])([2H])[2H])c([2H])c1[2H]. The molecule has 0 unspecified atom stereocenters. The van der Waals surface area contributed by atoms with Crippen LogP contribution in [0.2, 0.25) is 0 Å². The highest BCUT2D eigenvalue weighted by molar-refractivity contribution is 7.98. The Hall–Kier alpha value is -3.96. The summed E-state index contributed by atoms with van der Waals surface area (Å²) >= 11 is -0.328. The molecule has 1 aliphatic carbocycles. The van der Waals surface area contributed by atoms with Crippen LogP contribution < -0.4 is 5.56 Å². The van der Waals surface area contributed by atoms with Crippen LogP contribution in [-0.2, 0) is 42.5 Å². The van der Waals surface area contributed by atoms with Crippen molar-refractivity contribution in [3.63, 3.8) is 0 Å². The second-order valence-electron chi connectivity index (χ2n) is 8.72. The fourth-order valence-electron chi connectivity index (χ4n) is 3.50. The van der Waals surface area contributed by atoms with Gasteiger partial charge >= 0.3 is 6.18 Å². The van der Waals surface area contributed by atoms with Gasteiger partial charge in [0.05, 0.1) is 22.0 Å². The highest BCUT2D eigenvalue weighted by Gasteiger charge is 2.30. The lowest BCUT2D eigenvalue weighted by molar-refractivity contribution is -0.137. The van der Waals surface area contributed by atoms with Gasteiger partial charge in [0.15, 0.2) is 5.16 Å². The molecule has 0 saturated heterocycles. The number of hydrogen-bond acceptors (Lipinski definition) is 5. The monoisotopic (exact) mass is 698 g/mol. The molecular formula is C36H38F4N4O2S. The highest BCUT2D eigenvalue weighted by Crippen LogP contribution is 2.31. The van der Waals surface area contributed by atoms with Crippen molar-refractivity contribution in [3.05, 3.63) is 117 Å². The Morgan fingerprint density at radius 3 is 2.30 bits per heavy atom. The van der Waals surface area contributed by atoms with Gasteiger partial charge < -0.3 is 14.4 Å². The van der Waals surface area contributed by atoms with Crippen molar-refractivity contribution in [1.82, 2.24) is 19.4 Å². The number of alkyl halides is 3. The van der Waals surface area contributed by atoms with Gasteiger partial charge in [-0.1, -0.05) is 73.9 Å². The van der Waals surface area contributed by atoms with Crippen LogP contribution in [0.1, 0.15) is 91.9 Å². The predicted molar refractivity (Wildman–Crippen MR) is 177 cm³/mol. The zero-order valence-electron chi connectivity index (χ0n) is 55.0. The summed E-state index contributed by atoms with van der Waals surface area (Å²) in [6, 6.07) is -11.4. The van der Waals surface area contributed by atoms with Crippen LogP contribution in [0, 0.1) is 5.82 Å². The van der Waals surface area contributed by atoms with Crippen LogP contribution in [0.3, 0.4) is 0 Å². The van der Waals surface area contributed by atoms with Crippen LogP contribution in [0.15, 0.2) is 82.6 Å². The molecule has 11 heteroatoms. The third kappa shape index (κ3) is 8.70. The molecule has 1 aromatic heterocycles. The van der Waals surface area contributed by atoms with Crippen LogP contribution in [0.5, 0.6) is 0 Å². The molecule has 47 heavy (non-hydrogen) atoms. The normalized spacial score (nSPS) is 28.4. The number of fused-ring (bicyclic) bond motifs is 1. The van der Waals surface area contributed by atoms with Crippen molar-refractivity contribution in [2.75, 3.05) is 26.0 Å². The first-order valence-electron chi connectivity index (χ1n) is 28.5. The summed E-state index contributed by atoms with van der Waals surface area (Å²) in [5.74, 6) is -3.56. The molecule has 248 valence electrons. The first kappa shape index (κ1) is 12.2. The number of nitrogens with zero attached hydrogens (tertiary/aromatic N) is 4. The van der Waals surface area contributed by atoms with E-state index in [-0.39, 0.29) is 16.3 Å². The minimum atomic E-state index is -5.59. The van der Waals surface area contributed by atoms with Gasteiger partial charge in [-0.2, -0.15) is 18.2 Å². The van der Waals surface area contributed by atoms with Crippen molar-refractivity contribution >= 4 is 17.7 Å². The van der Waals surface area contributed by atoms with Crippen LogP contribution in [-0.4, -0.2) is 51.2 Å². The van der Waals surface area contributed by atoms with E-state index in [2.05, 4.69) is 4.98 Å². The summed E-state index contributed by atoms with van der Waals surface area (Å²) in [7, 11) is 0. The number of amides is 1. The van der Waals surface area contributed by atoms with Gasteiger partial charge in [-0.3, -0.25) is 9.59 Å². The van der Waals surface area contributed by atoms with E-state index >= 15 is 4.79 Å². The van der Waals surface area contributed by atoms with E-state index in [1.165, 1.54) is 0 Å². The average molecular weight is 699 g/mol. The predicted octanol–water partition coefficient (Wildman–Crippen LogP) is 7.22. The van der Waals surface area contributed by atoms with E-state index in [0.29, 0.717) is 12.1 Å². The van der Waals surface area contributed by atoms with E-state index in [9.17, 15) is 27.8 Å². The minimum Gasteiger partial charge on any atom is -0.336 e. The van der Waals surface area contributed by atoms with Gasteiger partial charge in [0.1, 0.15) is 12.4 Å². The van der Waals surface area contributed by atoms with Crippen molar-refractivity contribution in [1.29, 1.82) is 0 Å². The summed E-state index contributed by atoms with van der Waals surface area (Å²) in [6.07, 6.45) is -17.3. The molecule has 6 nitrogen and oxygen atoms in total. The summed E-state index contributed by atoms with van der Waals surface area (Å²) in [5, 5.41) is -1.35. The molecule has 0 spiro atoms. The van der Waals surface area contributed by atoms with Crippen molar-refractivity contribution in [2.24, 2.45) is 0 Å². The lowest BCUT2D eigenvalue weighted by atomic mass is 10.0. The maximum Gasteiger partial charge on any atom is 0.416 e. The van der Waals surface area contributed by atoms with E-state index in [1.54, 1.807) is 0 Å². The summed E-state index contributed by atoms with van der Waals surface area (Å²) < 4.78 is 329. The zero-order valence-corrected chi connectivity index (χ0v) is 23.9. The van der Waals surface area contributed by atoms with Crippen LogP contribution in [0.25, 0.3) is 11.1 Å². The molecule has 4 aromatic rings. The van der Waals surface area contributed by atoms with E-state index < -0.39 is 203 Å². The lowest BCUT2D eigenvalue weighted by Crippen LogP contribution is -2.40. The smallest absolute Gasteiger partial charge is 0.336 e. The van der Waals surface area contributed by atoms with Crippen molar-refractivity contribution < 1.29 is 66.2 Å². The van der Waals surface area contributed by atoms with E-state index in [1.807, 2.05) is 0 Å². The molecule has 0 bridgehead atoms. The van der Waals surface area contributed by atoms with Gasteiger partial charge in [-0.25, -0.2) is 4.39 Å². The summed E-state index contributed by atoms with van der Waals surface area (Å²) in [4.78, 5) is 30.0. The van der Waals surface area contributed by atoms with Crippen LogP contribution in [0.4, 0.5) is 17.6 Å². The molecule has 1 aliphatic rings. The molecule has 5 rings (SSSR count). The van der Waals surface area contributed by atoms with Crippen molar-refractivity contribution in [3.8, 4) is 11.1 Å². The number of hydrogen-bond donors (Lipinski definition) is 0. The Balaban J connectivity index is 2.00. The largest absolute Gasteiger partial charge is 0.416 e. The van der Waals surface area contributed by atoms with Gasteiger partial charge in [-0.15, -0.1) is 0 Å². The molecule has 0 aliphatic heterocycles. The molecule has 1 heterocycles. The third-order valence-electron chi connectivity index (χ3n) is 5.67. The van der Waals surface area contributed by atoms with E-state index in [4.69, 9.17) is 38.4 Å². The van der Waals surface area contributed by atoms with Gasteiger partial charge in [0.25, 0.3) is 5.56 Å². The van der Waals surface area contributed by atoms with Gasteiger partial charge in [-0.05, 0) is 78.6 Å². The van der Waals surface area contributed by atoms with E-state index in [0.717, 1.165) is 12.1 Å². The number of halogens is 4. The Labute approximate surface area is 321 Å². The summed E-state index contributed by atoms with van der Waals surface area (Å²) in [5.41, 5.74) is -15.7. The highest BCUT2D eigenvalue weighted by atomic mass is 32.2. The number of likely N-dealkylation sites (N-methyl/N-ethyl adjacent to an activating group) is 1. The topological polar surface area (TPSA) is 58.4 Å². The van der Waals surface area contributed by atoms with Crippen LogP contribution >= 0.6 is 11.8 Å². The molecule has 0 atom stereocenters. The number of carbonyl (C=O) groups excluding carboxylic acids is 1. The first-order chi connectivity index (χ1) is 35.0. The molecular weight excluding hydrogens is 628 g/mol. The van der Waals surface area contributed by atoms with Crippen molar-refractivity contribution in [2.45, 2.75) is 62.9 Å². The second kappa shape index (κ2) is 15.3. The molecule has 3 aromatic carbocycles. The first-order valence-corrected chi connectivity index (χ1v) is 13.4. The molecule has 0 radical (unpaired) electrons. The molecule has 0 saturated carbocycles. The standard InChI is InChI=1S/C36H38F4N4O2S/c1-3-42(4-2)20-21-43(22-25-8-12-27(13-9-25)28-14-16-29(17-15-28)36(38,39)40)33(45)23-44-32-7-5-6-31(32)34(46)41-35(44)47-24-26-10-18-30(37)19-11-26/h8-19H,3-7,20-24H2,1-2H3/i1D3,2D3,3D2,4D2,5D2,6D2,7D2,8D,9D,12D,13D,14D,15D,16D,17D,20D2,21D2,22D2,24D2. The lowest BCUT2D eigenvalue weighted by Gasteiger charge is -2.28. The number of benzene rings is 3. The van der Waals surface area contributed by atoms with Gasteiger partial charge in [0, 0.05) is 63.9 Å². The fraction of sp³-hybridized carbons (Fsp3) is 0.361. The Morgan fingerprint density at radius 2 is 1.66 bits per heavy atom. The zero-order chi connectivity index (χ0) is 61.7. The summed E-state index contributed by atoms with van der Waals surface area (Å²) in [6.45, 7) is -36.1. The van der Waals surface area contributed by atoms with Gasteiger partial charge in [0.2, 0.25) is 5.91 Å². The number of carbonyl (C=O) groups is 1. The fourth-order valence-corrected chi connectivity index (χ4v) is 4.24.